The molecule has 2 N–H and O–H groups in total. The van der Waals surface area contributed by atoms with Crippen LogP contribution in [-0.2, 0) is 4.79 Å². The number of benzene rings is 1. The highest BCUT2D eigenvalue weighted by Gasteiger charge is 2.27. The van der Waals surface area contributed by atoms with Crippen molar-refractivity contribution in [2.75, 3.05) is 13.2 Å². The first-order valence-corrected chi connectivity index (χ1v) is 7.56. The Kier molecular flexibility index (Phi) is 5.81. The lowest BCUT2D eigenvalue weighted by Gasteiger charge is -2.17. The summed E-state index contributed by atoms with van der Waals surface area (Å²) in [6, 6.07) is 7.72. The monoisotopic (exact) mass is 289 g/mol. The second kappa shape index (κ2) is 7.84. The molecule has 1 aromatic rings. The SMILES string of the molecule is CCOc1ccccc1/C=C/C(=O)NC1CCCC1CO. The smallest absolute Gasteiger partial charge is 0.244 e. The maximum absolute atomic E-state index is 12.0. The van der Waals surface area contributed by atoms with Crippen molar-refractivity contribution in [2.24, 2.45) is 5.92 Å². The quantitative estimate of drug-likeness (QED) is 0.791. The van der Waals surface area contributed by atoms with Gasteiger partial charge in [-0.25, -0.2) is 0 Å². The van der Waals surface area contributed by atoms with Crippen molar-refractivity contribution in [1.82, 2.24) is 5.32 Å². The molecule has 0 heterocycles. The Balaban J connectivity index is 1.96. The number of hydrogen-bond donors (Lipinski definition) is 2. The topological polar surface area (TPSA) is 58.6 Å². The van der Waals surface area contributed by atoms with Gasteiger partial charge in [0.2, 0.25) is 5.91 Å². The van der Waals surface area contributed by atoms with Crippen molar-refractivity contribution < 1.29 is 14.6 Å². The summed E-state index contributed by atoms with van der Waals surface area (Å²) >= 11 is 0. The molecule has 1 amide bonds. The molecule has 0 aliphatic heterocycles. The van der Waals surface area contributed by atoms with Crippen molar-refractivity contribution in [3.8, 4) is 5.75 Å². The lowest BCUT2D eigenvalue weighted by Crippen LogP contribution is -2.37. The predicted molar refractivity (Wildman–Crippen MR) is 83.0 cm³/mol. The third kappa shape index (κ3) is 4.33. The summed E-state index contributed by atoms with van der Waals surface area (Å²) in [5.74, 6) is 0.850. The largest absolute Gasteiger partial charge is 0.493 e. The second-order valence-electron chi connectivity index (χ2n) is 5.29. The number of para-hydroxylation sites is 1. The maximum atomic E-state index is 12.0. The van der Waals surface area contributed by atoms with Crippen LogP contribution in [0.2, 0.25) is 0 Å². The lowest BCUT2D eigenvalue weighted by molar-refractivity contribution is -0.117. The van der Waals surface area contributed by atoms with Gasteiger partial charge in [0.25, 0.3) is 0 Å². The summed E-state index contributed by atoms with van der Waals surface area (Å²) in [4.78, 5) is 12.0. The van der Waals surface area contributed by atoms with E-state index in [1.165, 1.54) is 6.08 Å². The van der Waals surface area contributed by atoms with Crippen LogP contribution < -0.4 is 10.1 Å². The van der Waals surface area contributed by atoms with E-state index in [9.17, 15) is 9.90 Å². The molecule has 4 heteroatoms. The van der Waals surface area contributed by atoms with Crippen LogP contribution in [0, 0.1) is 5.92 Å². The summed E-state index contributed by atoms with van der Waals surface area (Å²) in [5, 5.41) is 12.2. The van der Waals surface area contributed by atoms with Gasteiger partial charge in [-0.1, -0.05) is 24.6 Å². The predicted octanol–water partition coefficient (Wildman–Crippen LogP) is 2.38. The summed E-state index contributed by atoms with van der Waals surface area (Å²) in [5.41, 5.74) is 0.889. The molecule has 0 bridgehead atoms. The standard InChI is InChI=1S/C17H23NO3/c1-2-21-16-9-4-3-6-13(16)10-11-17(20)18-15-8-5-7-14(15)12-19/h3-4,6,9-11,14-15,19H,2,5,7-8,12H2,1H3,(H,18,20)/b11-10+. The van der Waals surface area contributed by atoms with Crippen LogP contribution in [0.1, 0.15) is 31.7 Å². The maximum Gasteiger partial charge on any atom is 0.244 e. The number of rotatable bonds is 6. The number of carbonyl (C=O) groups is 1. The van der Waals surface area contributed by atoms with Gasteiger partial charge < -0.3 is 15.2 Å². The zero-order chi connectivity index (χ0) is 15.1. The molecule has 114 valence electrons. The molecular weight excluding hydrogens is 266 g/mol. The minimum Gasteiger partial charge on any atom is -0.493 e. The molecule has 2 rings (SSSR count). The molecule has 21 heavy (non-hydrogen) atoms. The van der Waals surface area contributed by atoms with Gasteiger partial charge in [-0.15, -0.1) is 0 Å². The fourth-order valence-corrected chi connectivity index (χ4v) is 2.75. The lowest BCUT2D eigenvalue weighted by atomic mass is 10.1. The Labute approximate surface area is 125 Å². The zero-order valence-electron chi connectivity index (χ0n) is 12.4. The van der Waals surface area contributed by atoms with Crippen LogP contribution in [-0.4, -0.2) is 30.3 Å². The molecule has 2 atom stereocenters. The minimum atomic E-state index is -0.119. The number of carbonyl (C=O) groups excluding carboxylic acids is 1. The average molecular weight is 289 g/mol. The van der Waals surface area contributed by atoms with Crippen molar-refractivity contribution >= 4 is 12.0 Å². The summed E-state index contributed by atoms with van der Waals surface area (Å²) in [7, 11) is 0. The van der Waals surface area contributed by atoms with Crippen LogP contribution in [0.3, 0.4) is 0 Å². The summed E-state index contributed by atoms with van der Waals surface area (Å²) in [6.45, 7) is 2.67. The van der Waals surface area contributed by atoms with E-state index in [0.717, 1.165) is 30.6 Å². The Morgan fingerprint density at radius 3 is 3.00 bits per heavy atom. The van der Waals surface area contributed by atoms with Gasteiger partial charge in [0.15, 0.2) is 0 Å². The molecule has 1 aromatic carbocycles. The number of nitrogens with one attached hydrogen (secondary N) is 1. The number of aliphatic hydroxyl groups excluding tert-OH is 1. The molecular formula is C17H23NO3. The third-order valence-corrected chi connectivity index (χ3v) is 3.85. The number of amides is 1. The first kappa shape index (κ1) is 15.6. The molecule has 4 nitrogen and oxygen atoms in total. The van der Waals surface area contributed by atoms with Crippen LogP contribution >= 0.6 is 0 Å². The van der Waals surface area contributed by atoms with E-state index >= 15 is 0 Å². The highest BCUT2D eigenvalue weighted by Crippen LogP contribution is 2.25. The molecule has 1 saturated carbocycles. The molecule has 0 spiro atoms. The zero-order valence-corrected chi connectivity index (χ0v) is 12.4. The summed E-state index contributed by atoms with van der Waals surface area (Å²) < 4.78 is 5.52. The van der Waals surface area contributed by atoms with Gasteiger partial charge in [-0.05, 0) is 31.9 Å². The van der Waals surface area contributed by atoms with Crippen molar-refractivity contribution in [3.63, 3.8) is 0 Å². The second-order valence-corrected chi connectivity index (χ2v) is 5.29. The molecule has 0 radical (unpaired) electrons. The Morgan fingerprint density at radius 2 is 2.24 bits per heavy atom. The highest BCUT2D eigenvalue weighted by atomic mass is 16.5. The van der Waals surface area contributed by atoms with E-state index in [0.29, 0.717) is 6.61 Å². The fourth-order valence-electron chi connectivity index (χ4n) is 2.75. The van der Waals surface area contributed by atoms with E-state index in [-0.39, 0.29) is 24.5 Å². The van der Waals surface area contributed by atoms with E-state index in [4.69, 9.17) is 4.74 Å². The van der Waals surface area contributed by atoms with E-state index < -0.39 is 0 Å². The highest BCUT2D eigenvalue weighted by molar-refractivity contribution is 5.92. The van der Waals surface area contributed by atoms with Gasteiger partial charge in [0, 0.05) is 30.2 Å². The van der Waals surface area contributed by atoms with E-state index in [2.05, 4.69) is 5.32 Å². The molecule has 0 aromatic heterocycles. The van der Waals surface area contributed by atoms with Crippen molar-refractivity contribution in [2.45, 2.75) is 32.2 Å². The summed E-state index contributed by atoms with van der Waals surface area (Å²) in [6.07, 6.45) is 6.29. The van der Waals surface area contributed by atoms with Gasteiger partial charge in [-0.3, -0.25) is 4.79 Å². The number of ether oxygens (including phenoxy) is 1. The Bertz CT molecular complexity index is 499. The van der Waals surface area contributed by atoms with Crippen LogP contribution in [0.5, 0.6) is 5.75 Å². The van der Waals surface area contributed by atoms with Gasteiger partial charge in [0.1, 0.15) is 5.75 Å². The third-order valence-electron chi connectivity index (χ3n) is 3.85. The van der Waals surface area contributed by atoms with Gasteiger partial charge in [-0.2, -0.15) is 0 Å². The molecule has 1 aliphatic rings. The molecule has 1 aliphatic carbocycles. The molecule has 1 fully saturated rings. The number of hydrogen-bond acceptors (Lipinski definition) is 3. The van der Waals surface area contributed by atoms with Crippen LogP contribution in [0.15, 0.2) is 30.3 Å². The molecule has 2 unspecified atom stereocenters. The van der Waals surface area contributed by atoms with Gasteiger partial charge in [0.05, 0.1) is 6.61 Å². The number of aliphatic hydroxyl groups is 1. The van der Waals surface area contributed by atoms with Crippen LogP contribution in [0.4, 0.5) is 0 Å². The average Bonchev–Trinajstić information content (AvgIpc) is 2.94. The molecule has 0 saturated heterocycles. The van der Waals surface area contributed by atoms with Crippen LogP contribution in [0.25, 0.3) is 6.08 Å². The van der Waals surface area contributed by atoms with Crippen molar-refractivity contribution in [3.05, 3.63) is 35.9 Å². The van der Waals surface area contributed by atoms with Crippen molar-refractivity contribution in [1.29, 1.82) is 0 Å². The van der Waals surface area contributed by atoms with Gasteiger partial charge >= 0.3 is 0 Å². The van der Waals surface area contributed by atoms with E-state index in [1.807, 2.05) is 31.2 Å². The Hall–Kier alpha value is -1.81. The first-order chi connectivity index (χ1) is 10.2. The first-order valence-electron chi connectivity index (χ1n) is 7.56. The van der Waals surface area contributed by atoms with E-state index in [1.54, 1.807) is 6.08 Å². The fraction of sp³-hybridized carbons (Fsp3) is 0.471. The minimum absolute atomic E-state index is 0.0919. The normalized spacial score (nSPS) is 21.6. The Morgan fingerprint density at radius 1 is 1.43 bits per heavy atom.